The van der Waals surface area contributed by atoms with Crippen LogP contribution in [0.5, 0.6) is 0 Å². The molecule has 0 amide bonds. The normalized spacial score (nSPS) is 14.5. The maximum atomic E-state index is 4.53. The number of nitrogens with one attached hydrogen (secondary N) is 1. The van der Waals surface area contributed by atoms with Gasteiger partial charge in [0.1, 0.15) is 0 Å². The number of nitrogens with zero attached hydrogens (tertiary/aromatic N) is 2. The maximum absolute atomic E-state index is 4.53. The Bertz CT molecular complexity index is 501. The number of fused-ring (bicyclic) bond motifs is 1. The van der Waals surface area contributed by atoms with Gasteiger partial charge in [-0.1, -0.05) is 6.07 Å². The van der Waals surface area contributed by atoms with Crippen LogP contribution < -0.4 is 5.32 Å². The number of imidazole rings is 1. The highest BCUT2D eigenvalue weighted by Crippen LogP contribution is 2.19. The van der Waals surface area contributed by atoms with E-state index in [9.17, 15) is 0 Å². The van der Waals surface area contributed by atoms with Crippen LogP contribution in [0.3, 0.4) is 0 Å². The van der Waals surface area contributed by atoms with Gasteiger partial charge in [-0.3, -0.25) is 0 Å². The van der Waals surface area contributed by atoms with Gasteiger partial charge in [0, 0.05) is 30.2 Å². The van der Waals surface area contributed by atoms with Crippen LogP contribution in [-0.4, -0.2) is 22.6 Å². The Morgan fingerprint density at radius 1 is 1.26 bits per heavy atom. The summed E-state index contributed by atoms with van der Waals surface area (Å²) in [4.78, 5) is 6.00. The van der Waals surface area contributed by atoms with E-state index in [-0.39, 0.29) is 0 Å². The number of rotatable bonds is 6. The van der Waals surface area contributed by atoms with Gasteiger partial charge < -0.3 is 9.88 Å². The monoisotopic (exact) mass is 275 g/mol. The highest BCUT2D eigenvalue weighted by molar-refractivity contribution is 7.09. The molecule has 0 bridgehead atoms. The van der Waals surface area contributed by atoms with Gasteiger partial charge in [-0.25, -0.2) is 4.98 Å². The van der Waals surface area contributed by atoms with E-state index in [4.69, 9.17) is 0 Å². The summed E-state index contributed by atoms with van der Waals surface area (Å²) in [5, 5.41) is 5.67. The highest BCUT2D eigenvalue weighted by atomic mass is 32.1. The van der Waals surface area contributed by atoms with Crippen molar-refractivity contribution in [2.45, 2.75) is 38.6 Å². The van der Waals surface area contributed by atoms with Gasteiger partial charge in [-0.2, -0.15) is 0 Å². The molecule has 0 atom stereocenters. The van der Waals surface area contributed by atoms with Gasteiger partial charge in [0.15, 0.2) is 0 Å². The Morgan fingerprint density at radius 3 is 3.11 bits per heavy atom. The van der Waals surface area contributed by atoms with Crippen LogP contribution in [0.2, 0.25) is 0 Å². The molecule has 3 nitrogen and oxygen atoms in total. The minimum absolute atomic E-state index is 1.04. The second-order valence-corrected chi connectivity index (χ2v) is 6.15. The first-order chi connectivity index (χ1) is 9.43. The standard InChI is InChI=1S/C15H21N3S/c1-2-6-15-14(5-1)17-12-18(15)10-9-16-8-7-13-4-3-11-19-13/h3-4,11-12,16H,1-2,5-10H2. The minimum atomic E-state index is 1.04. The maximum Gasteiger partial charge on any atom is 0.0952 e. The summed E-state index contributed by atoms with van der Waals surface area (Å²) >= 11 is 1.84. The van der Waals surface area contributed by atoms with Gasteiger partial charge in [0.25, 0.3) is 0 Å². The van der Waals surface area contributed by atoms with Gasteiger partial charge in [-0.05, 0) is 43.6 Å². The van der Waals surface area contributed by atoms with E-state index in [2.05, 4.69) is 32.4 Å². The lowest BCUT2D eigenvalue weighted by Crippen LogP contribution is -2.23. The number of thiophene rings is 1. The van der Waals surface area contributed by atoms with E-state index < -0.39 is 0 Å². The summed E-state index contributed by atoms with van der Waals surface area (Å²) < 4.78 is 2.34. The molecule has 19 heavy (non-hydrogen) atoms. The molecule has 2 heterocycles. The van der Waals surface area contributed by atoms with Crippen LogP contribution in [0, 0.1) is 0 Å². The van der Waals surface area contributed by atoms with Crippen molar-refractivity contribution in [1.82, 2.24) is 14.9 Å². The fourth-order valence-corrected chi connectivity index (χ4v) is 3.42. The van der Waals surface area contributed by atoms with Crippen molar-refractivity contribution in [3.63, 3.8) is 0 Å². The Kier molecular flexibility index (Phi) is 4.30. The van der Waals surface area contributed by atoms with Crippen LogP contribution in [-0.2, 0) is 25.8 Å². The molecule has 0 aliphatic heterocycles. The van der Waals surface area contributed by atoms with E-state index in [1.54, 1.807) is 0 Å². The first-order valence-electron chi connectivity index (χ1n) is 7.19. The Balaban J connectivity index is 1.41. The van der Waals surface area contributed by atoms with E-state index >= 15 is 0 Å². The summed E-state index contributed by atoms with van der Waals surface area (Å²) in [7, 11) is 0. The number of aryl methyl sites for hydroxylation is 1. The van der Waals surface area contributed by atoms with Gasteiger partial charge in [-0.15, -0.1) is 11.3 Å². The van der Waals surface area contributed by atoms with Crippen molar-refractivity contribution in [2.24, 2.45) is 0 Å². The van der Waals surface area contributed by atoms with E-state index in [0.717, 1.165) is 26.1 Å². The fraction of sp³-hybridized carbons (Fsp3) is 0.533. The minimum Gasteiger partial charge on any atom is -0.333 e. The average Bonchev–Trinajstić information content (AvgIpc) is 3.08. The third-order valence-electron chi connectivity index (χ3n) is 3.77. The predicted molar refractivity (Wildman–Crippen MR) is 79.8 cm³/mol. The molecule has 0 saturated heterocycles. The summed E-state index contributed by atoms with van der Waals surface area (Å²) in [6, 6.07) is 4.33. The number of hydrogen-bond donors (Lipinski definition) is 1. The number of hydrogen-bond acceptors (Lipinski definition) is 3. The van der Waals surface area contributed by atoms with Crippen molar-refractivity contribution < 1.29 is 0 Å². The van der Waals surface area contributed by atoms with Crippen LogP contribution >= 0.6 is 11.3 Å². The quantitative estimate of drug-likeness (QED) is 0.821. The van der Waals surface area contributed by atoms with Crippen LogP contribution in [0.25, 0.3) is 0 Å². The van der Waals surface area contributed by atoms with E-state index in [1.807, 2.05) is 17.7 Å². The average molecular weight is 275 g/mol. The second-order valence-electron chi connectivity index (χ2n) is 5.12. The van der Waals surface area contributed by atoms with Gasteiger partial charge in [0.05, 0.1) is 12.0 Å². The summed E-state index contributed by atoms with van der Waals surface area (Å²) in [6.45, 7) is 3.15. The smallest absolute Gasteiger partial charge is 0.0952 e. The molecule has 0 saturated carbocycles. The predicted octanol–water partition coefficient (Wildman–Crippen LogP) is 2.66. The SMILES string of the molecule is c1csc(CCNCCn2cnc3c2CCCC3)c1. The lowest BCUT2D eigenvalue weighted by Gasteiger charge is -2.14. The van der Waals surface area contributed by atoms with Crippen molar-refractivity contribution >= 4 is 11.3 Å². The van der Waals surface area contributed by atoms with E-state index in [0.29, 0.717) is 0 Å². The van der Waals surface area contributed by atoms with Crippen molar-refractivity contribution in [1.29, 1.82) is 0 Å². The summed E-state index contributed by atoms with van der Waals surface area (Å²) in [5.74, 6) is 0. The van der Waals surface area contributed by atoms with Gasteiger partial charge in [0.2, 0.25) is 0 Å². The molecular weight excluding hydrogens is 254 g/mol. The third-order valence-corrected chi connectivity index (χ3v) is 4.70. The zero-order valence-electron chi connectivity index (χ0n) is 11.3. The van der Waals surface area contributed by atoms with Crippen LogP contribution in [0.4, 0.5) is 0 Å². The Hall–Kier alpha value is -1.13. The van der Waals surface area contributed by atoms with Crippen LogP contribution in [0.1, 0.15) is 29.1 Å². The third kappa shape index (κ3) is 3.25. The molecule has 1 aliphatic carbocycles. The molecule has 4 heteroatoms. The van der Waals surface area contributed by atoms with E-state index in [1.165, 1.54) is 41.9 Å². The first kappa shape index (κ1) is 12.9. The molecule has 3 rings (SSSR count). The highest BCUT2D eigenvalue weighted by Gasteiger charge is 2.14. The Morgan fingerprint density at radius 2 is 2.21 bits per heavy atom. The molecular formula is C15H21N3S. The molecule has 2 aromatic rings. The molecule has 0 spiro atoms. The molecule has 0 aromatic carbocycles. The lowest BCUT2D eigenvalue weighted by molar-refractivity contribution is 0.564. The second kappa shape index (κ2) is 6.35. The Labute approximate surface area is 118 Å². The van der Waals surface area contributed by atoms with Crippen molar-refractivity contribution in [3.05, 3.63) is 40.1 Å². The van der Waals surface area contributed by atoms with Crippen molar-refractivity contribution in [2.75, 3.05) is 13.1 Å². The topological polar surface area (TPSA) is 29.9 Å². The summed E-state index contributed by atoms with van der Waals surface area (Å²) in [5.41, 5.74) is 2.82. The van der Waals surface area contributed by atoms with Gasteiger partial charge >= 0.3 is 0 Å². The summed E-state index contributed by atoms with van der Waals surface area (Å²) in [6.07, 6.45) is 8.18. The fourth-order valence-electron chi connectivity index (χ4n) is 2.71. The molecule has 0 unspecified atom stereocenters. The van der Waals surface area contributed by atoms with Crippen LogP contribution in [0.15, 0.2) is 23.8 Å². The zero-order chi connectivity index (χ0) is 12.9. The lowest BCUT2D eigenvalue weighted by atomic mass is 10.0. The molecule has 102 valence electrons. The molecule has 0 fully saturated rings. The largest absolute Gasteiger partial charge is 0.333 e. The molecule has 0 radical (unpaired) electrons. The zero-order valence-corrected chi connectivity index (χ0v) is 12.1. The molecule has 1 aliphatic rings. The molecule has 1 N–H and O–H groups in total. The first-order valence-corrected chi connectivity index (χ1v) is 8.07. The van der Waals surface area contributed by atoms with Crippen molar-refractivity contribution in [3.8, 4) is 0 Å². The number of aromatic nitrogens is 2. The molecule has 2 aromatic heterocycles.